The summed E-state index contributed by atoms with van der Waals surface area (Å²) in [7, 11) is -2.84. The van der Waals surface area contributed by atoms with Crippen molar-refractivity contribution in [1.82, 2.24) is 10.2 Å². The summed E-state index contributed by atoms with van der Waals surface area (Å²) in [5.41, 5.74) is 2.76. The van der Waals surface area contributed by atoms with Gasteiger partial charge in [-0.1, -0.05) is 73.0 Å². The summed E-state index contributed by atoms with van der Waals surface area (Å²) in [4.78, 5) is 30.1. The van der Waals surface area contributed by atoms with Crippen molar-refractivity contribution >= 4 is 27.5 Å². The van der Waals surface area contributed by atoms with Crippen LogP contribution in [0, 0.1) is 12.7 Å². The average molecular weight is 658 g/mol. The van der Waals surface area contributed by atoms with Gasteiger partial charge in [0.1, 0.15) is 24.2 Å². The molecule has 10 heteroatoms. The quantitative estimate of drug-likeness (QED) is 0.189. The molecule has 0 saturated heterocycles. The van der Waals surface area contributed by atoms with Gasteiger partial charge in [0.2, 0.25) is 11.8 Å². The van der Waals surface area contributed by atoms with E-state index in [1.807, 2.05) is 61.5 Å². The molecule has 1 atom stereocenters. The van der Waals surface area contributed by atoms with Crippen LogP contribution < -0.4 is 14.4 Å². The van der Waals surface area contributed by atoms with Gasteiger partial charge in [0, 0.05) is 19.0 Å². The van der Waals surface area contributed by atoms with E-state index in [2.05, 4.69) is 5.32 Å². The second kappa shape index (κ2) is 15.3. The number of rotatable bonds is 13. The van der Waals surface area contributed by atoms with Crippen LogP contribution in [-0.2, 0) is 32.6 Å². The lowest BCUT2D eigenvalue weighted by Gasteiger charge is -2.34. The van der Waals surface area contributed by atoms with Gasteiger partial charge in [-0.05, 0) is 79.4 Å². The number of amides is 2. The number of sulfonamides is 1. The third-order valence-corrected chi connectivity index (χ3v) is 10.2. The Morgan fingerprint density at radius 2 is 1.55 bits per heavy atom. The van der Waals surface area contributed by atoms with E-state index < -0.39 is 34.3 Å². The molecule has 1 aliphatic carbocycles. The molecule has 1 fully saturated rings. The number of methoxy groups -OCH3 is 1. The normalized spacial score (nSPS) is 13.9. The first-order chi connectivity index (χ1) is 22.6. The average Bonchev–Trinajstić information content (AvgIpc) is 3.59. The number of ether oxygens (including phenoxy) is 1. The van der Waals surface area contributed by atoms with Crippen molar-refractivity contribution in [2.24, 2.45) is 0 Å². The molecular weight excluding hydrogens is 617 g/mol. The van der Waals surface area contributed by atoms with Gasteiger partial charge in [-0.2, -0.15) is 0 Å². The van der Waals surface area contributed by atoms with Crippen molar-refractivity contribution in [3.63, 3.8) is 0 Å². The second-order valence-corrected chi connectivity index (χ2v) is 13.7. The fraction of sp³-hybridized carbons (Fsp3) is 0.297. The molecule has 1 aliphatic rings. The first-order valence-corrected chi connectivity index (χ1v) is 17.2. The number of benzene rings is 4. The predicted molar refractivity (Wildman–Crippen MR) is 180 cm³/mol. The number of hydrogen-bond acceptors (Lipinski definition) is 5. The SMILES string of the molecule is COc1ccc(S(=O)(=O)N(CC(=O)N(Cc2cccc(C)c2)C(Cc2ccccc2)C(=O)NC2CCCC2)c2ccc(F)cc2)cc1. The molecule has 0 heterocycles. The molecule has 1 saturated carbocycles. The highest BCUT2D eigenvalue weighted by atomic mass is 32.2. The van der Waals surface area contributed by atoms with E-state index in [1.165, 1.54) is 48.4 Å². The zero-order chi connectivity index (χ0) is 33.4. The molecule has 4 aromatic rings. The van der Waals surface area contributed by atoms with Crippen molar-refractivity contribution in [2.45, 2.75) is 62.6 Å². The molecule has 8 nitrogen and oxygen atoms in total. The first-order valence-electron chi connectivity index (χ1n) is 15.8. The predicted octanol–water partition coefficient (Wildman–Crippen LogP) is 6.04. The van der Waals surface area contributed by atoms with Crippen molar-refractivity contribution in [3.05, 3.63) is 126 Å². The Kier molecular flexibility index (Phi) is 10.9. The maximum Gasteiger partial charge on any atom is 0.264 e. The number of carbonyl (C=O) groups excluding carboxylic acids is 2. The molecule has 0 bridgehead atoms. The molecular formula is C37H40FN3O5S. The molecule has 1 unspecified atom stereocenters. The van der Waals surface area contributed by atoms with Gasteiger partial charge in [-0.25, -0.2) is 12.8 Å². The Labute approximate surface area is 276 Å². The third kappa shape index (κ3) is 8.56. The van der Waals surface area contributed by atoms with E-state index in [-0.39, 0.29) is 35.5 Å². The largest absolute Gasteiger partial charge is 0.497 e. The highest BCUT2D eigenvalue weighted by molar-refractivity contribution is 7.92. The lowest BCUT2D eigenvalue weighted by molar-refractivity contribution is -0.140. The van der Waals surface area contributed by atoms with Crippen LogP contribution in [0.1, 0.15) is 42.4 Å². The summed E-state index contributed by atoms with van der Waals surface area (Å²) in [6.07, 6.45) is 4.02. The Bertz CT molecular complexity index is 1760. The molecule has 0 aliphatic heterocycles. The molecule has 2 amide bonds. The summed E-state index contributed by atoms with van der Waals surface area (Å²) >= 11 is 0. The van der Waals surface area contributed by atoms with Crippen LogP contribution in [0.15, 0.2) is 108 Å². The van der Waals surface area contributed by atoms with Crippen molar-refractivity contribution in [3.8, 4) is 5.75 Å². The summed E-state index contributed by atoms with van der Waals surface area (Å²) in [6.45, 7) is 1.41. The highest BCUT2D eigenvalue weighted by Gasteiger charge is 2.35. The van der Waals surface area contributed by atoms with E-state index in [9.17, 15) is 22.4 Å². The molecule has 1 N–H and O–H groups in total. The summed E-state index contributed by atoms with van der Waals surface area (Å²) in [6, 6.07) is 27.0. The number of nitrogens with zero attached hydrogens (tertiary/aromatic N) is 2. The summed E-state index contributed by atoms with van der Waals surface area (Å²) < 4.78 is 48.4. The number of carbonyl (C=O) groups is 2. The molecule has 0 radical (unpaired) electrons. The lowest BCUT2D eigenvalue weighted by atomic mass is 10.0. The van der Waals surface area contributed by atoms with Gasteiger partial charge in [-0.15, -0.1) is 0 Å². The number of aryl methyl sites for hydroxylation is 1. The van der Waals surface area contributed by atoms with Crippen LogP contribution in [0.25, 0.3) is 0 Å². The van der Waals surface area contributed by atoms with Gasteiger partial charge in [0.25, 0.3) is 10.0 Å². The van der Waals surface area contributed by atoms with Crippen molar-refractivity contribution in [1.29, 1.82) is 0 Å². The Morgan fingerprint density at radius 3 is 2.19 bits per heavy atom. The van der Waals surface area contributed by atoms with E-state index in [1.54, 1.807) is 0 Å². The van der Waals surface area contributed by atoms with Crippen LogP contribution in [0.4, 0.5) is 10.1 Å². The Hall–Kier alpha value is -4.70. The maximum atomic E-state index is 14.6. The lowest BCUT2D eigenvalue weighted by Crippen LogP contribution is -2.54. The molecule has 5 rings (SSSR count). The number of anilines is 1. The minimum absolute atomic E-state index is 0.0165. The van der Waals surface area contributed by atoms with Crippen LogP contribution in [0.3, 0.4) is 0 Å². The molecule has 0 aromatic heterocycles. The Morgan fingerprint density at radius 1 is 0.894 bits per heavy atom. The molecule has 47 heavy (non-hydrogen) atoms. The number of hydrogen-bond donors (Lipinski definition) is 1. The Balaban J connectivity index is 1.56. The fourth-order valence-electron chi connectivity index (χ4n) is 5.94. The maximum absolute atomic E-state index is 14.6. The zero-order valence-electron chi connectivity index (χ0n) is 26.6. The topological polar surface area (TPSA) is 96.0 Å². The monoisotopic (exact) mass is 657 g/mol. The van der Waals surface area contributed by atoms with Gasteiger partial charge in [0.15, 0.2) is 0 Å². The molecule has 4 aromatic carbocycles. The summed E-state index contributed by atoms with van der Waals surface area (Å²) in [5.74, 6) is -0.937. The van der Waals surface area contributed by atoms with E-state index in [0.29, 0.717) is 5.75 Å². The van der Waals surface area contributed by atoms with Crippen LogP contribution in [-0.4, -0.2) is 50.9 Å². The minimum Gasteiger partial charge on any atom is -0.497 e. The standard InChI is InChI=1S/C37H40FN3O5S/c1-27-9-8-12-29(23-27)25-40(35(24-28-10-4-3-5-11-28)37(43)39-31-13-6-7-14-31)36(42)26-41(32-17-15-30(38)16-18-32)47(44,45)34-21-19-33(46-2)20-22-34/h3-5,8-12,15-23,31,35H,6-7,13-14,24-26H2,1-2H3,(H,39,43). The highest BCUT2D eigenvalue weighted by Crippen LogP contribution is 2.27. The van der Waals surface area contributed by atoms with Gasteiger partial charge < -0.3 is 15.0 Å². The van der Waals surface area contributed by atoms with E-state index >= 15 is 0 Å². The molecule has 0 spiro atoms. The number of halogens is 1. The van der Waals surface area contributed by atoms with Gasteiger partial charge in [-0.3, -0.25) is 13.9 Å². The second-order valence-electron chi connectivity index (χ2n) is 11.9. The van der Waals surface area contributed by atoms with Crippen LogP contribution in [0.5, 0.6) is 5.75 Å². The zero-order valence-corrected chi connectivity index (χ0v) is 27.5. The van der Waals surface area contributed by atoms with E-state index in [0.717, 1.165) is 58.8 Å². The fourth-order valence-corrected chi connectivity index (χ4v) is 7.35. The van der Waals surface area contributed by atoms with Gasteiger partial charge >= 0.3 is 0 Å². The van der Waals surface area contributed by atoms with Crippen molar-refractivity contribution in [2.75, 3.05) is 18.0 Å². The van der Waals surface area contributed by atoms with Crippen LogP contribution >= 0.6 is 0 Å². The third-order valence-electron chi connectivity index (χ3n) is 8.45. The van der Waals surface area contributed by atoms with Gasteiger partial charge in [0.05, 0.1) is 17.7 Å². The summed E-state index contributed by atoms with van der Waals surface area (Å²) in [5, 5.41) is 3.17. The molecule has 246 valence electrons. The van der Waals surface area contributed by atoms with Crippen LogP contribution in [0.2, 0.25) is 0 Å². The first kappa shape index (κ1) is 33.7. The number of nitrogens with one attached hydrogen (secondary N) is 1. The smallest absolute Gasteiger partial charge is 0.264 e. The van der Waals surface area contributed by atoms with Crippen molar-refractivity contribution < 1.29 is 27.1 Å². The van der Waals surface area contributed by atoms with E-state index in [4.69, 9.17) is 4.74 Å². The minimum atomic E-state index is -4.32.